The number of para-hydroxylation sites is 3. The SMILES string of the molecule is c1ccc(-c2nc(-c3ccccc3)nc(-n3c4ccccc4c4c(-c5nnc(-c6ccc7c(c6)c6ccccc6n7-c6ccccc6)s5)cccc43)n2)cc1. The first-order valence-electron chi connectivity index (χ1n) is 18.1. The molecule has 55 heavy (non-hydrogen) atoms. The van der Waals surface area contributed by atoms with Crippen LogP contribution in [0.5, 0.6) is 0 Å². The van der Waals surface area contributed by atoms with Crippen molar-refractivity contribution < 1.29 is 0 Å². The number of hydrogen-bond donors (Lipinski definition) is 0. The number of rotatable bonds is 6. The third-order valence-corrected chi connectivity index (χ3v) is 11.2. The van der Waals surface area contributed by atoms with Crippen LogP contribution in [-0.2, 0) is 0 Å². The molecule has 0 N–H and O–H groups in total. The van der Waals surface area contributed by atoms with Gasteiger partial charge in [-0.15, -0.1) is 10.2 Å². The Morgan fingerprint density at radius 1 is 0.382 bits per heavy atom. The molecule has 11 rings (SSSR count). The van der Waals surface area contributed by atoms with Crippen molar-refractivity contribution in [1.29, 1.82) is 0 Å². The molecule has 0 saturated heterocycles. The van der Waals surface area contributed by atoms with Crippen LogP contribution in [0.2, 0.25) is 0 Å². The predicted octanol–water partition coefficient (Wildman–Crippen LogP) is 11.6. The molecular formula is C47H29N7S. The molecule has 4 aromatic heterocycles. The van der Waals surface area contributed by atoms with Crippen LogP contribution < -0.4 is 0 Å². The zero-order valence-electron chi connectivity index (χ0n) is 29.3. The minimum atomic E-state index is 0.553. The molecule has 0 aliphatic heterocycles. The van der Waals surface area contributed by atoms with E-state index < -0.39 is 0 Å². The van der Waals surface area contributed by atoms with Gasteiger partial charge in [-0.1, -0.05) is 139 Å². The van der Waals surface area contributed by atoms with Crippen LogP contribution in [0, 0.1) is 0 Å². The Bertz CT molecular complexity index is 3140. The van der Waals surface area contributed by atoms with Crippen LogP contribution in [0.4, 0.5) is 0 Å². The maximum absolute atomic E-state index is 5.10. The predicted molar refractivity (Wildman–Crippen MR) is 224 cm³/mol. The van der Waals surface area contributed by atoms with E-state index in [-0.39, 0.29) is 0 Å². The van der Waals surface area contributed by atoms with Crippen LogP contribution in [0.3, 0.4) is 0 Å². The molecule has 7 aromatic carbocycles. The summed E-state index contributed by atoms with van der Waals surface area (Å²) in [6.45, 7) is 0. The highest BCUT2D eigenvalue weighted by Gasteiger charge is 2.22. The second kappa shape index (κ2) is 12.7. The second-order valence-corrected chi connectivity index (χ2v) is 14.4. The fraction of sp³-hybridized carbons (Fsp3) is 0. The van der Waals surface area contributed by atoms with Gasteiger partial charge in [0.2, 0.25) is 5.95 Å². The lowest BCUT2D eigenvalue weighted by molar-refractivity contribution is 0.953. The summed E-state index contributed by atoms with van der Waals surface area (Å²) in [5.41, 5.74) is 9.34. The van der Waals surface area contributed by atoms with Crippen molar-refractivity contribution in [1.82, 2.24) is 34.3 Å². The first-order chi connectivity index (χ1) is 27.3. The van der Waals surface area contributed by atoms with Crippen molar-refractivity contribution in [2.24, 2.45) is 0 Å². The third kappa shape index (κ3) is 5.15. The lowest BCUT2D eigenvalue weighted by atomic mass is 10.1. The molecule has 11 aromatic rings. The van der Waals surface area contributed by atoms with E-state index in [9.17, 15) is 0 Å². The highest BCUT2D eigenvalue weighted by atomic mass is 32.1. The van der Waals surface area contributed by atoms with Gasteiger partial charge in [-0.2, -0.15) is 9.97 Å². The molecule has 0 saturated carbocycles. The van der Waals surface area contributed by atoms with Gasteiger partial charge in [0.05, 0.1) is 22.1 Å². The van der Waals surface area contributed by atoms with E-state index >= 15 is 0 Å². The van der Waals surface area contributed by atoms with Crippen LogP contribution in [0.15, 0.2) is 176 Å². The second-order valence-electron chi connectivity index (χ2n) is 13.4. The van der Waals surface area contributed by atoms with Crippen molar-refractivity contribution >= 4 is 54.9 Å². The molecular weight excluding hydrogens is 695 g/mol. The van der Waals surface area contributed by atoms with Gasteiger partial charge in [0.25, 0.3) is 0 Å². The summed E-state index contributed by atoms with van der Waals surface area (Å²) >= 11 is 1.60. The third-order valence-electron chi connectivity index (χ3n) is 10.2. The number of aromatic nitrogens is 7. The average molecular weight is 724 g/mol. The molecule has 7 nitrogen and oxygen atoms in total. The number of fused-ring (bicyclic) bond motifs is 6. The molecule has 258 valence electrons. The Morgan fingerprint density at radius 2 is 0.945 bits per heavy atom. The first-order valence-corrected chi connectivity index (χ1v) is 18.9. The van der Waals surface area contributed by atoms with Crippen LogP contribution in [0.25, 0.3) is 99.2 Å². The van der Waals surface area contributed by atoms with Gasteiger partial charge in [-0.3, -0.25) is 4.57 Å². The van der Waals surface area contributed by atoms with Gasteiger partial charge < -0.3 is 4.57 Å². The van der Waals surface area contributed by atoms with Crippen molar-refractivity contribution in [2.75, 3.05) is 0 Å². The Labute approximate surface area is 319 Å². The maximum Gasteiger partial charge on any atom is 0.238 e. The lowest BCUT2D eigenvalue weighted by Crippen LogP contribution is -2.06. The zero-order valence-corrected chi connectivity index (χ0v) is 30.1. The first kappa shape index (κ1) is 31.3. The van der Waals surface area contributed by atoms with Crippen LogP contribution >= 0.6 is 11.3 Å². The summed E-state index contributed by atoms with van der Waals surface area (Å²) in [6.07, 6.45) is 0. The van der Waals surface area contributed by atoms with E-state index in [0.717, 1.165) is 65.3 Å². The maximum atomic E-state index is 5.10. The van der Waals surface area contributed by atoms with Crippen LogP contribution in [0.1, 0.15) is 0 Å². The van der Waals surface area contributed by atoms with Gasteiger partial charge >= 0.3 is 0 Å². The molecule has 0 unspecified atom stereocenters. The number of benzene rings is 7. The Kier molecular flexibility index (Phi) is 7.21. The molecule has 0 radical (unpaired) electrons. The van der Waals surface area contributed by atoms with E-state index in [0.29, 0.717) is 17.6 Å². The van der Waals surface area contributed by atoms with Crippen molar-refractivity contribution in [3.63, 3.8) is 0 Å². The Balaban J connectivity index is 1.07. The Hall–Kier alpha value is -7.29. The van der Waals surface area contributed by atoms with Gasteiger partial charge in [0.15, 0.2) is 11.6 Å². The molecule has 0 atom stereocenters. The highest BCUT2D eigenvalue weighted by molar-refractivity contribution is 7.18. The van der Waals surface area contributed by atoms with Gasteiger partial charge in [0, 0.05) is 49.5 Å². The molecule has 0 fully saturated rings. The largest absolute Gasteiger partial charge is 0.309 e. The zero-order chi connectivity index (χ0) is 36.3. The van der Waals surface area contributed by atoms with Crippen molar-refractivity contribution in [3.05, 3.63) is 176 Å². The smallest absolute Gasteiger partial charge is 0.238 e. The van der Waals surface area contributed by atoms with E-state index in [1.54, 1.807) is 11.3 Å². The van der Waals surface area contributed by atoms with Crippen molar-refractivity contribution in [2.45, 2.75) is 0 Å². The van der Waals surface area contributed by atoms with E-state index in [1.165, 1.54) is 16.3 Å². The lowest BCUT2D eigenvalue weighted by Gasteiger charge is -2.11. The van der Waals surface area contributed by atoms with E-state index in [1.807, 2.05) is 60.7 Å². The fourth-order valence-corrected chi connectivity index (χ4v) is 8.59. The molecule has 0 amide bonds. The molecule has 0 bridgehead atoms. The minimum absolute atomic E-state index is 0.553. The average Bonchev–Trinajstić information content (AvgIpc) is 3.98. The topological polar surface area (TPSA) is 74.3 Å². The summed E-state index contributed by atoms with van der Waals surface area (Å²) in [7, 11) is 0. The Morgan fingerprint density at radius 3 is 1.65 bits per heavy atom. The van der Waals surface area contributed by atoms with Gasteiger partial charge in [-0.05, 0) is 48.5 Å². The van der Waals surface area contributed by atoms with Crippen molar-refractivity contribution in [3.8, 4) is 55.6 Å². The fourth-order valence-electron chi connectivity index (χ4n) is 7.72. The quantitative estimate of drug-likeness (QED) is 0.171. The van der Waals surface area contributed by atoms with Crippen LogP contribution in [-0.4, -0.2) is 34.3 Å². The normalized spacial score (nSPS) is 11.6. The molecule has 0 spiro atoms. The molecule has 4 heterocycles. The van der Waals surface area contributed by atoms with E-state index in [2.05, 4.69) is 124 Å². The summed E-state index contributed by atoms with van der Waals surface area (Å²) in [5.74, 6) is 1.78. The summed E-state index contributed by atoms with van der Waals surface area (Å²) in [6, 6.07) is 60.6. The molecule has 0 aliphatic carbocycles. The monoisotopic (exact) mass is 723 g/mol. The summed E-state index contributed by atoms with van der Waals surface area (Å²) < 4.78 is 4.47. The van der Waals surface area contributed by atoms with E-state index in [4.69, 9.17) is 25.1 Å². The van der Waals surface area contributed by atoms with Gasteiger partial charge in [0.1, 0.15) is 10.0 Å². The highest BCUT2D eigenvalue weighted by Crippen LogP contribution is 2.41. The number of nitrogens with zero attached hydrogens (tertiary/aromatic N) is 7. The molecule has 8 heteroatoms. The summed E-state index contributed by atoms with van der Waals surface area (Å²) in [4.78, 5) is 15.1. The minimum Gasteiger partial charge on any atom is -0.309 e. The van der Waals surface area contributed by atoms with Gasteiger partial charge in [-0.25, -0.2) is 4.98 Å². The standard InChI is InChI=1S/C47H29N7S/c1-4-15-30(16-5-1)43-48-44(31-17-6-2-7-18-31)50-47(49-43)54-39-25-13-11-22-35(39)42-36(23-14-26-41(42)54)46-52-51-45(55-46)32-27-28-40-37(29-32)34-21-10-12-24-38(34)53(40)33-19-8-3-9-20-33/h1-29H. The summed E-state index contributed by atoms with van der Waals surface area (Å²) in [5, 5.41) is 15.9. The number of hydrogen-bond acceptors (Lipinski definition) is 6. The molecule has 0 aliphatic rings.